The van der Waals surface area contributed by atoms with E-state index in [0.717, 1.165) is 25.0 Å². The van der Waals surface area contributed by atoms with Gasteiger partial charge in [-0.3, -0.25) is 4.79 Å². The number of carbonyl (C=O) groups is 1. The maximum Gasteiger partial charge on any atom is 0.416 e. The number of benzene rings is 1. The lowest BCUT2D eigenvalue weighted by Crippen LogP contribution is -2.25. The number of halogens is 3. The second-order valence-electron chi connectivity index (χ2n) is 5.10. The zero-order valence-corrected chi connectivity index (χ0v) is 13.1. The van der Waals surface area contributed by atoms with Crippen LogP contribution in [0, 0.1) is 0 Å². The first-order valence-corrected chi connectivity index (χ1v) is 7.50. The number of unbranched alkanes of at least 4 members (excludes halogenated alkanes) is 1. The van der Waals surface area contributed by atoms with E-state index in [9.17, 15) is 18.0 Å². The van der Waals surface area contributed by atoms with E-state index in [2.05, 4.69) is 10.3 Å². The average Bonchev–Trinajstić information content (AvgIpc) is 2.55. The van der Waals surface area contributed by atoms with Crippen LogP contribution in [-0.2, 0) is 6.18 Å². The molecule has 0 saturated heterocycles. The van der Waals surface area contributed by atoms with Gasteiger partial charge in [0.1, 0.15) is 11.4 Å². The van der Waals surface area contributed by atoms with E-state index >= 15 is 0 Å². The number of nitrogens with zero attached hydrogens (tertiary/aromatic N) is 1. The van der Waals surface area contributed by atoms with Gasteiger partial charge < -0.3 is 10.1 Å². The number of carbonyl (C=O) groups excluding carboxylic acids is 1. The summed E-state index contributed by atoms with van der Waals surface area (Å²) in [6.07, 6.45) is -2.65. The van der Waals surface area contributed by atoms with Crippen LogP contribution in [0.5, 0.6) is 11.6 Å². The zero-order chi connectivity index (χ0) is 17.6. The van der Waals surface area contributed by atoms with Crippen LogP contribution in [0.15, 0.2) is 42.5 Å². The Morgan fingerprint density at radius 3 is 2.67 bits per heavy atom. The van der Waals surface area contributed by atoms with E-state index in [1.54, 1.807) is 6.07 Å². The normalized spacial score (nSPS) is 11.2. The van der Waals surface area contributed by atoms with E-state index in [-0.39, 0.29) is 23.2 Å². The van der Waals surface area contributed by atoms with Crippen molar-refractivity contribution in [2.45, 2.75) is 25.9 Å². The number of ether oxygens (including phenoxy) is 1. The number of nitrogens with one attached hydrogen (secondary N) is 1. The lowest BCUT2D eigenvalue weighted by molar-refractivity contribution is -0.137. The summed E-state index contributed by atoms with van der Waals surface area (Å²) in [5.41, 5.74) is -0.663. The van der Waals surface area contributed by atoms with Crippen molar-refractivity contribution in [3.8, 4) is 11.6 Å². The predicted octanol–water partition coefficient (Wildman–Crippen LogP) is 4.42. The SMILES string of the molecule is CCCCNC(=O)c1cccc(Oc2cccc(C(F)(F)F)c2)n1. The van der Waals surface area contributed by atoms with Crippen LogP contribution in [-0.4, -0.2) is 17.4 Å². The minimum Gasteiger partial charge on any atom is -0.439 e. The van der Waals surface area contributed by atoms with Gasteiger partial charge in [0.25, 0.3) is 5.91 Å². The molecule has 0 atom stereocenters. The molecule has 0 fully saturated rings. The van der Waals surface area contributed by atoms with Gasteiger partial charge in [-0.05, 0) is 30.7 Å². The molecule has 0 saturated carbocycles. The van der Waals surface area contributed by atoms with Crippen LogP contribution in [0.25, 0.3) is 0 Å². The molecule has 0 aliphatic carbocycles. The summed E-state index contributed by atoms with van der Waals surface area (Å²) >= 11 is 0. The van der Waals surface area contributed by atoms with E-state index in [4.69, 9.17) is 4.74 Å². The fourth-order valence-electron chi connectivity index (χ4n) is 1.92. The Morgan fingerprint density at radius 2 is 1.96 bits per heavy atom. The number of hydrogen-bond acceptors (Lipinski definition) is 3. The number of pyridine rings is 1. The number of rotatable bonds is 6. The standard InChI is InChI=1S/C17H17F3N2O2/c1-2-3-10-21-16(23)14-8-5-9-15(22-14)24-13-7-4-6-12(11-13)17(18,19)20/h4-9,11H,2-3,10H2,1H3,(H,21,23). The molecular formula is C17H17F3N2O2. The minimum absolute atomic E-state index is 0.000802. The van der Waals surface area contributed by atoms with Gasteiger partial charge in [-0.15, -0.1) is 0 Å². The van der Waals surface area contributed by atoms with Crippen molar-refractivity contribution < 1.29 is 22.7 Å². The van der Waals surface area contributed by atoms with Crippen LogP contribution < -0.4 is 10.1 Å². The quantitative estimate of drug-likeness (QED) is 0.793. The molecule has 2 rings (SSSR count). The molecule has 0 aliphatic rings. The smallest absolute Gasteiger partial charge is 0.416 e. The Morgan fingerprint density at radius 1 is 1.21 bits per heavy atom. The second kappa shape index (κ2) is 7.81. The molecule has 24 heavy (non-hydrogen) atoms. The molecular weight excluding hydrogens is 321 g/mol. The fourth-order valence-corrected chi connectivity index (χ4v) is 1.92. The molecule has 0 aliphatic heterocycles. The zero-order valence-electron chi connectivity index (χ0n) is 13.1. The minimum atomic E-state index is -4.45. The Hall–Kier alpha value is -2.57. The Balaban J connectivity index is 2.11. The van der Waals surface area contributed by atoms with Gasteiger partial charge in [-0.2, -0.15) is 13.2 Å². The molecule has 0 spiro atoms. The van der Waals surface area contributed by atoms with Crippen LogP contribution in [0.4, 0.5) is 13.2 Å². The van der Waals surface area contributed by atoms with Gasteiger partial charge in [-0.25, -0.2) is 4.98 Å². The maximum atomic E-state index is 12.7. The van der Waals surface area contributed by atoms with E-state index in [1.165, 1.54) is 24.3 Å². The van der Waals surface area contributed by atoms with Crippen molar-refractivity contribution in [1.82, 2.24) is 10.3 Å². The number of aromatic nitrogens is 1. The summed E-state index contributed by atoms with van der Waals surface area (Å²) < 4.78 is 43.4. The van der Waals surface area contributed by atoms with Crippen LogP contribution >= 0.6 is 0 Å². The first-order valence-electron chi connectivity index (χ1n) is 7.50. The van der Waals surface area contributed by atoms with Gasteiger partial charge in [0.15, 0.2) is 0 Å². The summed E-state index contributed by atoms with van der Waals surface area (Å²) in [5, 5.41) is 2.71. The second-order valence-corrected chi connectivity index (χ2v) is 5.10. The van der Waals surface area contributed by atoms with Crippen LogP contribution in [0.2, 0.25) is 0 Å². The summed E-state index contributed by atoms with van der Waals surface area (Å²) in [5.74, 6) is -0.295. The molecule has 0 radical (unpaired) electrons. The molecule has 1 heterocycles. The fraction of sp³-hybridized carbons (Fsp3) is 0.294. The summed E-state index contributed by atoms with van der Waals surface area (Å²) in [6, 6.07) is 9.03. The molecule has 1 amide bonds. The molecule has 128 valence electrons. The lowest BCUT2D eigenvalue weighted by atomic mass is 10.2. The summed E-state index contributed by atoms with van der Waals surface area (Å²) in [6.45, 7) is 2.55. The van der Waals surface area contributed by atoms with Crippen molar-refractivity contribution in [1.29, 1.82) is 0 Å². The lowest BCUT2D eigenvalue weighted by Gasteiger charge is -2.10. The van der Waals surface area contributed by atoms with Crippen molar-refractivity contribution in [2.24, 2.45) is 0 Å². The first kappa shape index (κ1) is 17.8. The van der Waals surface area contributed by atoms with Crippen LogP contribution in [0.1, 0.15) is 35.8 Å². The molecule has 7 heteroatoms. The molecule has 1 aromatic carbocycles. The predicted molar refractivity (Wildman–Crippen MR) is 83.0 cm³/mol. The number of hydrogen-bond donors (Lipinski definition) is 1. The summed E-state index contributed by atoms with van der Waals surface area (Å²) in [4.78, 5) is 16.0. The highest BCUT2D eigenvalue weighted by molar-refractivity contribution is 5.92. The summed E-state index contributed by atoms with van der Waals surface area (Å²) in [7, 11) is 0. The third kappa shape index (κ3) is 4.97. The average molecular weight is 338 g/mol. The van der Waals surface area contributed by atoms with Gasteiger partial charge in [0, 0.05) is 12.6 Å². The highest BCUT2D eigenvalue weighted by Gasteiger charge is 2.30. The monoisotopic (exact) mass is 338 g/mol. The van der Waals surface area contributed by atoms with Gasteiger partial charge in [0.05, 0.1) is 5.56 Å². The van der Waals surface area contributed by atoms with E-state index in [0.29, 0.717) is 6.54 Å². The molecule has 0 unspecified atom stereocenters. The topological polar surface area (TPSA) is 51.2 Å². The third-order valence-corrected chi connectivity index (χ3v) is 3.16. The van der Waals surface area contributed by atoms with Crippen molar-refractivity contribution in [2.75, 3.05) is 6.54 Å². The molecule has 1 aromatic heterocycles. The van der Waals surface area contributed by atoms with Gasteiger partial charge in [-0.1, -0.05) is 25.5 Å². The molecule has 4 nitrogen and oxygen atoms in total. The van der Waals surface area contributed by atoms with Crippen LogP contribution in [0.3, 0.4) is 0 Å². The highest BCUT2D eigenvalue weighted by atomic mass is 19.4. The van der Waals surface area contributed by atoms with Crippen molar-refractivity contribution in [3.63, 3.8) is 0 Å². The largest absolute Gasteiger partial charge is 0.439 e. The molecule has 0 bridgehead atoms. The van der Waals surface area contributed by atoms with Crippen molar-refractivity contribution in [3.05, 3.63) is 53.7 Å². The Kier molecular flexibility index (Phi) is 5.78. The van der Waals surface area contributed by atoms with Gasteiger partial charge in [0.2, 0.25) is 5.88 Å². The Labute approximate surface area is 137 Å². The number of amides is 1. The third-order valence-electron chi connectivity index (χ3n) is 3.16. The van der Waals surface area contributed by atoms with E-state index in [1.807, 2.05) is 6.92 Å². The van der Waals surface area contributed by atoms with Gasteiger partial charge >= 0.3 is 6.18 Å². The Bertz CT molecular complexity index is 702. The van der Waals surface area contributed by atoms with Crippen molar-refractivity contribution >= 4 is 5.91 Å². The maximum absolute atomic E-state index is 12.7. The van der Waals surface area contributed by atoms with E-state index < -0.39 is 11.7 Å². The molecule has 1 N–H and O–H groups in total. The molecule has 2 aromatic rings. The number of alkyl halides is 3. The highest BCUT2D eigenvalue weighted by Crippen LogP contribution is 2.32. The first-order chi connectivity index (χ1) is 11.4.